The maximum absolute atomic E-state index is 5.77. The largest absolute Gasteiger partial charge is 0.384 e. The third-order valence-corrected chi connectivity index (χ3v) is 2.56. The van der Waals surface area contributed by atoms with E-state index in [1.165, 1.54) is 18.4 Å². The second kappa shape index (κ2) is 2.37. The summed E-state index contributed by atoms with van der Waals surface area (Å²) in [5.74, 6) is 1.61. The van der Waals surface area contributed by atoms with Crippen molar-refractivity contribution in [3.63, 3.8) is 0 Å². The standard InChI is InChI=1S/C9H11N5/c10-7-3-8(11)14-9(13-7)6(4-12-14)5-1-2-5/h3-5H,1-2,11H2,(H2,10,13). The lowest BCUT2D eigenvalue weighted by atomic mass is 10.2. The lowest BCUT2D eigenvalue weighted by molar-refractivity contribution is 0.954. The van der Waals surface area contributed by atoms with Gasteiger partial charge in [-0.15, -0.1) is 0 Å². The van der Waals surface area contributed by atoms with Crippen LogP contribution in [0.1, 0.15) is 24.3 Å². The van der Waals surface area contributed by atoms with Crippen LogP contribution in [-0.4, -0.2) is 14.6 Å². The van der Waals surface area contributed by atoms with Gasteiger partial charge in [0.15, 0.2) is 5.65 Å². The van der Waals surface area contributed by atoms with Crippen LogP contribution in [0.2, 0.25) is 0 Å². The van der Waals surface area contributed by atoms with E-state index in [1.54, 1.807) is 10.6 Å². The van der Waals surface area contributed by atoms with Crippen molar-refractivity contribution >= 4 is 17.3 Å². The molecule has 14 heavy (non-hydrogen) atoms. The summed E-state index contributed by atoms with van der Waals surface area (Å²) >= 11 is 0. The van der Waals surface area contributed by atoms with Crippen LogP contribution in [0.25, 0.3) is 5.65 Å². The zero-order valence-electron chi connectivity index (χ0n) is 7.64. The van der Waals surface area contributed by atoms with Crippen LogP contribution in [0.5, 0.6) is 0 Å². The van der Waals surface area contributed by atoms with Crippen LogP contribution in [0.3, 0.4) is 0 Å². The van der Waals surface area contributed by atoms with Crippen molar-refractivity contribution in [3.05, 3.63) is 17.8 Å². The summed E-state index contributed by atoms with van der Waals surface area (Å²) in [6, 6.07) is 1.62. The van der Waals surface area contributed by atoms with Gasteiger partial charge in [0, 0.05) is 11.6 Å². The molecule has 0 aromatic carbocycles. The Labute approximate surface area is 80.7 Å². The van der Waals surface area contributed by atoms with E-state index >= 15 is 0 Å². The molecule has 1 aliphatic rings. The minimum atomic E-state index is 0.456. The molecule has 5 nitrogen and oxygen atoms in total. The fraction of sp³-hybridized carbons (Fsp3) is 0.333. The summed E-state index contributed by atoms with van der Waals surface area (Å²) in [7, 11) is 0. The lowest BCUT2D eigenvalue weighted by Crippen LogP contribution is -2.03. The van der Waals surface area contributed by atoms with E-state index in [9.17, 15) is 0 Å². The topological polar surface area (TPSA) is 82.2 Å². The number of rotatable bonds is 1. The Balaban J connectivity index is 2.33. The average Bonchev–Trinajstić information content (AvgIpc) is 2.87. The fourth-order valence-corrected chi connectivity index (χ4v) is 1.71. The van der Waals surface area contributed by atoms with Gasteiger partial charge >= 0.3 is 0 Å². The molecule has 5 heteroatoms. The minimum Gasteiger partial charge on any atom is -0.384 e. The fourth-order valence-electron chi connectivity index (χ4n) is 1.71. The van der Waals surface area contributed by atoms with E-state index in [1.807, 2.05) is 6.20 Å². The number of hydrogen-bond acceptors (Lipinski definition) is 4. The maximum Gasteiger partial charge on any atom is 0.163 e. The predicted octanol–water partition coefficient (Wildman–Crippen LogP) is 0.771. The van der Waals surface area contributed by atoms with Crippen molar-refractivity contribution in [1.82, 2.24) is 14.6 Å². The van der Waals surface area contributed by atoms with E-state index in [4.69, 9.17) is 11.5 Å². The van der Waals surface area contributed by atoms with E-state index in [0.717, 1.165) is 5.65 Å². The zero-order valence-corrected chi connectivity index (χ0v) is 7.64. The highest BCUT2D eigenvalue weighted by Gasteiger charge is 2.27. The highest BCUT2D eigenvalue weighted by Crippen LogP contribution is 2.41. The quantitative estimate of drug-likeness (QED) is 0.694. The molecule has 4 N–H and O–H groups in total. The molecule has 0 aliphatic heterocycles. The molecule has 0 saturated heterocycles. The molecule has 0 radical (unpaired) electrons. The number of anilines is 2. The van der Waals surface area contributed by atoms with Crippen LogP contribution in [0.4, 0.5) is 11.6 Å². The van der Waals surface area contributed by atoms with E-state index < -0.39 is 0 Å². The lowest BCUT2D eigenvalue weighted by Gasteiger charge is -2.00. The molecule has 2 aromatic heterocycles. The SMILES string of the molecule is Nc1cc(N)n2ncc(C3CC3)c2n1. The molecule has 72 valence electrons. The smallest absolute Gasteiger partial charge is 0.163 e. The number of aromatic nitrogens is 3. The van der Waals surface area contributed by atoms with Crippen molar-refractivity contribution in [3.8, 4) is 0 Å². The summed E-state index contributed by atoms with van der Waals surface area (Å²) in [6.45, 7) is 0. The van der Waals surface area contributed by atoms with Gasteiger partial charge in [-0.25, -0.2) is 4.98 Å². The Morgan fingerprint density at radius 2 is 2.14 bits per heavy atom. The second-order valence-corrected chi connectivity index (χ2v) is 3.72. The number of nitrogens with two attached hydrogens (primary N) is 2. The molecule has 2 heterocycles. The summed E-state index contributed by atoms with van der Waals surface area (Å²) in [6.07, 6.45) is 4.28. The molecule has 1 fully saturated rings. The van der Waals surface area contributed by atoms with Crippen LogP contribution < -0.4 is 11.5 Å². The number of fused-ring (bicyclic) bond motifs is 1. The van der Waals surface area contributed by atoms with Crippen LogP contribution >= 0.6 is 0 Å². The van der Waals surface area contributed by atoms with Crippen molar-refractivity contribution < 1.29 is 0 Å². The Morgan fingerprint density at radius 3 is 2.86 bits per heavy atom. The minimum absolute atomic E-state index is 0.456. The molecule has 3 rings (SSSR count). The Morgan fingerprint density at radius 1 is 1.36 bits per heavy atom. The third-order valence-electron chi connectivity index (χ3n) is 2.56. The number of hydrogen-bond donors (Lipinski definition) is 2. The zero-order chi connectivity index (χ0) is 9.71. The Hall–Kier alpha value is -1.78. The van der Waals surface area contributed by atoms with Crippen LogP contribution in [0.15, 0.2) is 12.3 Å². The van der Waals surface area contributed by atoms with Gasteiger partial charge in [-0.2, -0.15) is 9.61 Å². The highest BCUT2D eigenvalue weighted by molar-refractivity contribution is 5.58. The first-order valence-electron chi connectivity index (χ1n) is 4.65. The van der Waals surface area contributed by atoms with Crippen molar-refractivity contribution in [2.75, 3.05) is 11.5 Å². The van der Waals surface area contributed by atoms with Gasteiger partial charge in [-0.3, -0.25) is 0 Å². The first-order valence-corrected chi connectivity index (χ1v) is 4.65. The average molecular weight is 189 g/mol. The van der Waals surface area contributed by atoms with Gasteiger partial charge in [0.1, 0.15) is 11.6 Å². The van der Waals surface area contributed by atoms with Crippen LogP contribution in [-0.2, 0) is 0 Å². The molecule has 0 spiro atoms. The summed E-state index contributed by atoms with van der Waals surface area (Å²) < 4.78 is 1.64. The number of nitrogen functional groups attached to an aromatic ring is 2. The third kappa shape index (κ3) is 0.951. The normalized spacial score (nSPS) is 16.3. The number of nitrogens with zero attached hydrogens (tertiary/aromatic N) is 3. The molecule has 0 amide bonds. The van der Waals surface area contributed by atoms with Crippen molar-refractivity contribution in [2.24, 2.45) is 0 Å². The van der Waals surface area contributed by atoms with Gasteiger partial charge in [-0.1, -0.05) is 0 Å². The van der Waals surface area contributed by atoms with E-state index in [0.29, 0.717) is 17.6 Å². The van der Waals surface area contributed by atoms with Gasteiger partial charge in [0.05, 0.1) is 6.20 Å². The Kier molecular flexibility index (Phi) is 1.29. The van der Waals surface area contributed by atoms with Gasteiger partial charge in [0.2, 0.25) is 0 Å². The predicted molar refractivity (Wildman–Crippen MR) is 53.8 cm³/mol. The summed E-state index contributed by atoms with van der Waals surface area (Å²) in [5, 5.41) is 4.19. The van der Waals surface area contributed by atoms with E-state index in [2.05, 4.69) is 10.1 Å². The van der Waals surface area contributed by atoms with Crippen molar-refractivity contribution in [1.29, 1.82) is 0 Å². The molecule has 0 bridgehead atoms. The maximum atomic E-state index is 5.77. The second-order valence-electron chi connectivity index (χ2n) is 3.72. The molecular weight excluding hydrogens is 178 g/mol. The van der Waals surface area contributed by atoms with Crippen molar-refractivity contribution in [2.45, 2.75) is 18.8 Å². The first kappa shape index (κ1) is 7.61. The molecular formula is C9H11N5. The molecule has 1 aliphatic carbocycles. The van der Waals surface area contributed by atoms with Crippen LogP contribution in [0, 0.1) is 0 Å². The summed E-state index contributed by atoms with van der Waals surface area (Å²) in [4.78, 5) is 4.26. The molecule has 0 atom stereocenters. The van der Waals surface area contributed by atoms with E-state index in [-0.39, 0.29) is 0 Å². The van der Waals surface area contributed by atoms with Gasteiger partial charge < -0.3 is 11.5 Å². The van der Waals surface area contributed by atoms with Gasteiger partial charge in [0.25, 0.3) is 0 Å². The molecule has 1 saturated carbocycles. The van der Waals surface area contributed by atoms with Gasteiger partial charge in [-0.05, 0) is 18.8 Å². The molecule has 2 aromatic rings. The summed E-state index contributed by atoms with van der Waals surface area (Å²) in [5.41, 5.74) is 13.4. The highest BCUT2D eigenvalue weighted by atomic mass is 15.3. The Bertz CT molecular complexity index is 497. The monoisotopic (exact) mass is 189 g/mol. The first-order chi connectivity index (χ1) is 6.75. The molecule has 0 unspecified atom stereocenters.